The van der Waals surface area contributed by atoms with Crippen LogP contribution in [0.25, 0.3) is 0 Å². The number of phenolic OH excluding ortho intramolecular Hbond substituents is 1. The van der Waals surface area contributed by atoms with E-state index in [4.69, 9.17) is 0 Å². The van der Waals surface area contributed by atoms with E-state index in [1.807, 2.05) is 6.92 Å². The molecule has 2 rings (SSSR count). The van der Waals surface area contributed by atoms with Gasteiger partial charge in [-0.25, -0.2) is 0 Å². The maximum atomic E-state index is 12.2. The zero-order valence-corrected chi connectivity index (χ0v) is 11.6. The van der Waals surface area contributed by atoms with Crippen molar-refractivity contribution in [2.45, 2.75) is 38.6 Å². The Morgan fingerprint density at radius 3 is 2.90 bits per heavy atom. The van der Waals surface area contributed by atoms with Gasteiger partial charge in [-0.1, -0.05) is 13.0 Å². The predicted octanol–water partition coefficient (Wildman–Crippen LogP) is 2.12. The van der Waals surface area contributed by atoms with Crippen LogP contribution >= 0.6 is 0 Å². The number of amides is 2. The van der Waals surface area contributed by atoms with Gasteiger partial charge < -0.3 is 15.3 Å². The quantitative estimate of drug-likeness (QED) is 0.813. The number of hydrogen-bond acceptors (Lipinski definition) is 3. The monoisotopic (exact) mass is 276 g/mol. The number of phenols is 1. The first-order chi connectivity index (χ1) is 9.61. The fourth-order valence-electron chi connectivity index (χ4n) is 2.59. The smallest absolute Gasteiger partial charge is 0.313 e. The average Bonchev–Trinajstić information content (AvgIpc) is 2.46. The Bertz CT molecular complexity index is 502. The van der Waals surface area contributed by atoms with Crippen molar-refractivity contribution >= 4 is 17.5 Å². The molecule has 1 aliphatic rings. The summed E-state index contributed by atoms with van der Waals surface area (Å²) in [6.07, 6.45) is 3.88. The number of benzene rings is 1. The molecular formula is C15H20N2O3. The molecule has 1 aromatic carbocycles. The van der Waals surface area contributed by atoms with Crippen LogP contribution in [-0.4, -0.2) is 34.4 Å². The van der Waals surface area contributed by atoms with Crippen LogP contribution in [0, 0.1) is 0 Å². The summed E-state index contributed by atoms with van der Waals surface area (Å²) in [7, 11) is 0. The molecule has 1 aliphatic heterocycles. The van der Waals surface area contributed by atoms with E-state index in [2.05, 4.69) is 5.32 Å². The van der Waals surface area contributed by atoms with Gasteiger partial charge in [0.25, 0.3) is 0 Å². The van der Waals surface area contributed by atoms with E-state index in [1.165, 1.54) is 12.1 Å². The molecule has 1 unspecified atom stereocenters. The van der Waals surface area contributed by atoms with Gasteiger partial charge in [0.2, 0.25) is 0 Å². The summed E-state index contributed by atoms with van der Waals surface area (Å²) in [4.78, 5) is 25.9. The minimum atomic E-state index is -0.643. The molecule has 0 aliphatic carbocycles. The highest BCUT2D eigenvalue weighted by molar-refractivity contribution is 6.39. The molecule has 108 valence electrons. The van der Waals surface area contributed by atoms with Gasteiger partial charge in [-0.3, -0.25) is 9.59 Å². The summed E-state index contributed by atoms with van der Waals surface area (Å²) in [5.41, 5.74) is 0.424. The lowest BCUT2D eigenvalue weighted by molar-refractivity contribution is -0.145. The average molecular weight is 276 g/mol. The molecule has 0 spiro atoms. The molecular weight excluding hydrogens is 256 g/mol. The van der Waals surface area contributed by atoms with Crippen molar-refractivity contribution in [1.82, 2.24) is 4.90 Å². The number of likely N-dealkylation sites (tertiary alicyclic amines) is 1. The molecule has 0 radical (unpaired) electrons. The van der Waals surface area contributed by atoms with Crippen LogP contribution in [0.15, 0.2) is 24.3 Å². The van der Waals surface area contributed by atoms with Gasteiger partial charge >= 0.3 is 11.8 Å². The van der Waals surface area contributed by atoms with Crippen LogP contribution in [0.4, 0.5) is 5.69 Å². The van der Waals surface area contributed by atoms with Crippen molar-refractivity contribution in [3.05, 3.63) is 24.3 Å². The van der Waals surface area contributed by atoms with E-state index < -0.39 is 11.8 Å². The molecule has 5 nitrogen and oxygen atoms in total. The lowest BCUT2D eigenvalue weighted by Crippen LogP contribution is -2.48. The number of hydrogen-bond donors (Lipinski definition) is 2. The van der Waals surface area contributed by atoms with Crippen molar-refractivity contribution in [1.29, 1.82) is 0 Å². The third-order valence-electron chi connectivity index (χ3n) is 3.66. The number of nitrogens with one attached hydrogen (secondary N) is 1. The van der Waals surface area contributed by atoms with Crippen molar-refractivity contribution in [3.8, 4) is 5.75 Å². The summed E-state index contributed by atoms with van der Waals surface area (Å²) in [5.74, 6) is -1.07. The van der Waals surface area contributed by atoms with Crippen LogP contribution in [-0.2, 0) is 9.59 Å². The second-order valence-electron chi connectivity index (χ2n) is 5.06. The third-order valence-corrected chi connectivity index (χ3v) is 3.66. The maximum absolute atomic E-state index is 12.2. The van der Waals surface area contributed by atoms with E-state index in [1.54, 1.807) is 17.0 Å². The number of nitrogens with zero attached hydrogens (tertiary/aromatic N) is 1. The lowest BCUT2D eigenvalue weighted by atomic mass is 10.00. The molecule has 0 saturated carbocycles. The molecule has 20 heavy (non-hydrogen) atoms. The Morgan fingerprint density at radius 1 is 1.40 bits per heavy atom. The third kappa shape index (κ3) is 3.29. The minimum Gasteiger partial charge on any atom is -0.508 e. The molecule has 1 heterocycles. The van der Waals surface area contributed by atoms with E-state index in [0.717, 1.165) is 25.7 Å². The first-order valence-corrected chi connectivity index (χ1v) is 7.02. The van der Waals surface area contributed by atoms with Crippen LogP contribution in [0.1, 0.15) is 32.6 Å². The number of piperidine rings is 1. The number of anilines is 1. The standard InChI is InChI=1S/C15H20N2O3/c1-2-12-7-3-4-9-17(12)15(20)14(19)16-11-6-5-8-13(18)10-11/h5-6,8,10,12,18H,2-4,7,9H2,1H3,(H,16,19). The first-order valence-electron chi connectivity index (χ1n) is 7.02. The van der Waals surface area contributed by atoms with Gasteiger partial charge in [-0.2, -0.15) is 0 Å². The van der Waals surface area contributed by atoms with Crippen LogP contribution < -0.4 is 5.32 Å². The van der Waals surface area contributed by atoms with Gasteiger partial charge in [0.05, 0.1) is 0 Å². The van der Waals surface area contributed by atoms with E-state index in [0.29, 0.717) is 12.2 Å². The summed E-state index contributed by atoms with van der Waals surface area (Å²) >= 11 is 0. The number of carbonyl (C=O) groups excluding carboxylic acids is 2. The van der Waals surface area contributed by atoms with Crippen molar-refractivity contribution in [3.63, 3.8) is 0 Å². The van der Waals surface area contributed by atoms with Gasteiger partial charge in [-0.15, -0.1) is 0 Å². The Labute approximate surface area is 118 Å². The van der Waals surface area contributed by atoms with Gasteiger partial charge in [0, 0.05) is 24.3 Å². The van der Waals surface area contributed by atoms with Crippen molar-refractivity contribution in [2.75, 3.05) is 11.9 Å². The number of aromatic hydroxyl groups is 1. The Morgan fingerprint density at radius 2 is 2.20 bits per heavy atom. The lowest BCUT2D eigenvalue weighted by Gasteiger charge is -2.34. The minimum absolute atomic E-state index is 0.0552. The highest BCUT2D eigenvalue weighted by Gasteiger charge is 2.29. The van der Waals surface area contributed by atoms with Crippen molar-refractivity contribution < 1.29 is 14.7 Å². The number of carbonyl (C=O) groups is 2. The normalized spacial score (nSPS) is 18.6. The van der Waals surface area contributed by atoms with Crippen LogP contribution in [0.2, 0.25) is 0 Å². The molecule has 5 heteroatoms. The molecule has 1 saturated heterocycles. The Hall–Kier alpha value is -2.04. The first kappa shape index (κ1) is 14.4. The fourth-order valence-corrected chi connectivity index (χ4v) is 2.59. The van der Waals surface area contributed by atoms with Crippen LogP contribution in [0.3, 0.4) is 0 Å². The van der Waals surface area contributed by atoms with Crippen molar-refractivity contribution in [2.24, 2.45) is 0 Å². The van der Waals surface area contributed by atoms with E-state index in [9.17, 15) is 14.7 Å². The topological polar surface area (TPSA) is 69.6 Å². The Kier molecular flexibility index (Phi) is 4.61. The second kappa shape index (κ2) is 6.41. The summed E-state index contributed by atoms with van der Waals surface area (Å²) in [6, 6.07) is 6.34. The van der Waals surface area contributed by atoms with Gasteiger partial charge in [0.1, 0.15) is 5.75 Å². The highest BCUT2D eigenvalue weighted by Crippen LogP contribution is 2.20. The largest absolute Gasteiger partial charge is 0.508 e. The fraction of sp³-hybridized carbons (Fsp3) is 0.467. The summed E-state index contributed by atoms with van der Waals surface area (Å²) in [6.45, 7) is 2.67. The van der Waals surface area contributed by atoms with E-state index in [-0.39, 0.29) is 11.8 Å². The predicted molar refractivity (Wildman–Crippen MR) is 76.4 cm³/mol. The Balaban J connectivity index is 2.02. The highest BCUT2D eigenvalue weighted by atomic mass is 16.3. The molecule has 0 bridgehead atoms. The maximum Gasteiger partial charge on any atom is 0.313 e. The van der Waals surface area contributed by atoms with Gasteiger partial charge in [0.15, 0.2) is 0 Å². The van der Waals surface area contributed by atoms with Crippen LogP contribution in [0.5, 0.6) is 5.75 Å². The summed E-state index contributed by atoms with van der Waals surface area (Å²) < 4.78 is 0. The molecule has 0 aromatic heterocycles. The summed E-state index contributed by atoms with van der Waals surface area (Å²) in [5, 5.41) is 11.9. The molecule has 2 N–H and O–H groups in total. The molecule has 1 aromatic rings. The molecule has 1 fully saturated rings. The second-order valence-corrected chi connectivity index (χ2v) is 5.06. The zero-order valence-electron chi connectivity index (χ0n) is 11.6. The number of rotatable bonds is 2. The van der Waals surface area contributed by atoms with E-state index >= 15 is 0 Å². The SMILES string of the molecule is CCC1CCCCN1C(=O)C(=O)Nc1cccc(O)c1. The molecule has 1 atom stereocenters. The zero-order chi connectivity index (χ0) is 14.5. The molecule has 2 amide bonds. The van der Waals surface area contributed by atoms with Gasteiger partial charge in [-0.05, 0) is 37.8 Å².